The van der Waals surface area contributed by atoms with E-state index in [1.54, 1.807) is 31.2 Å². The molecule has 9 heteroatoms. The molecule has 0 spiro atoms. The van der Waals surface area contributed by atoms with E-state index in [9.17, 15) is 18.4 Å². The molecule has 0 radical (unpaired) electrons. The number of alkyl halides is 2. The first-order valence-electron chi connectivity index (χ1n) is 9.21. The summed E-state index contributed by atoms with van der Waals surface area (Å²) in [6.45, 7) is -1.20. The molecule has 0 aliphatic carbocycles. The van der Waals surface area contributed by atoms with Crippen LogP contribution >= 0.6 is 0 Å². The molecule has 3 rings (SSSR count). The number of carbonyl (C=O) groups is 2. The van der Waals surface area contributed by atoms with Gasteiger partial charge >= 0.3 is 6.61 Å². The molecule has 1 heterocycles. The van der Waals surface area contributed by atoms with Gasteiger partial charge in [-0.2, -0.15) is 8.78 Å². The molecule has 0 aromatic heterocycles. The Balaban J connectivity index is 1.73. The molecule has 7 nitrogen and oxygen atoms in total. The SMILES string of the molecule is COc1ccc(N2CC(C(=O)Nc3cccc(OC(F)F)c3C)CC2=O)cc1OC. The maximum atomic E-state index is 12.7. The van der Waals surface area contributed by atoms with Crippen LogP contribution in [-0.4, -0.2) is 39.2 Å². The van der Waals surface area contributed by atoms with Crippen LogP contribution in [-0.2, 0) is 9.59 Å². The van der Waals surface area contributed by atoms with Crippen LogP contribution in [0.5, 0.6) is 17.2 Å². The Bertz CT molecular complexity index is 951. The molecule has 160 valence electrons. The van der Waals surface area contributed by atoms with Crippen molar-refractivity contribution in [1.29, 1.82) is 0 Å². The van der Waals surface area contributed by atoms with Gasteiger partial charge in [0.15, 0.2) is 11.5 Å². The zero-order chi connectivity index (χ0) is 21.8. The summed E-state index contributed by atoms with van der Waals surface area (Å²) in [5.41, 5.74) is 1.33. The lowest BCUT2D eigenvalue weighted by Crippen LogP contribution is -2.28. The van der Waals surface area contributed by atoms with E-state index in [0.717, 1.165) is 0 Å². The average molecular weight is 420 g/mol. The lowest BCUT2D eigenvalue weighted by Gasteiger charge is -2.19. The van der Waals surface area contributed by atoms with E-state index in [1.165, 1.54) is 31.3 Å². The molecule has 2 aromatic rings. The molecular weight excluding hydrogens is 398 g/mol. The molecule has 1 aliphatic rings. The van der Waals surface area contributed by atoms with Crippen LogP contribution in [0.1, 0.15) is 12.0 Å². The van der Waals surface area contributed by atoms with Crippen LogP contribution in [0.15, 0.2) is 36.4 Å². The first-order chi connectivity index (χ1) is 14.3. The number of hydrogen-bond donors (Lipinski definition) is 1. The smallest absolute Gasteiger partial charge is 0.387 e. The quantitative estimate of drug-likeness (QED) is 0.741. The average Bonchev–Trinajstić information content (AvgIpc) is 3.12. The Hall–Kier alpha value is -3.36. The van der Waals surface area contributed by atoms with Crippen molar-refractivity contribution in [3.63, 3.8) is 0 Å². The van der Waals surface area contributed by atoms with Gasteiger partial charge in [0.25, 0.3) is 0 Å². The summed E-state index contributed by atoms with van der Waals surface area (Å²) in [5, 5.41) is 2.71. The minimum atomic E-state index is -2.96. The fourth-order valence-corrected chi connectivity index (χ4v) is 3.33. The van der Waals surface area contributed by atoms with Crippen LogP contribution in [0, 0.1) is 12.8 Å². The lowest BCUT2D eigenvalue weighted by molar-refractivity contribution is -0.122. The zero-order valence-corrected chi connectivity index (χ0v) is 16.8. The fourth-order valence-electron chi connectivity index (χ4n) is 3.33. The number of nitrogens with one attached hydrogen (secondary N) is 1. The molecule has 2 aromatic carbocycles. The number of rotatable bonds is 7. The van der Waals surface area contributed by atoms with E-state index in [1.807, 2.05) is 0 Å². The minimum Gasteiger partial charge on any atom is -0.493 e. The lowest BCUT2D eigenvalue weighted by atomic mass is 10.1. The van der Waals surface area contributed by atoms with Crippen molar-refractivity contribution in [2.45, 2.75) is 20.0 Å². The monoisotopic (exact) mass is 420 g/mol. The highest BCUT2D eigenvalue weighted by Crippen LogP contribution is 2.34. The van der Waals surface area contributed by atoms with Gasteiger partial charge in [-0.05, 0) is 31.2 Å². The van der Waals surface area contributed by atoms with E-state index >= 15 is 0 Å². The van der Waals surface area contributed by atoms with Crippen molar-refractivity contribution < 1.29 is 32.6 Å². The molecule has 0 saturated carbocycles. The van der Waals surface area contributed by atoms with E-state index in [2.05, 4.69) is 10.1 Å². The number of benzene rings is 2. The Morgan fingerprint density at radius 2 is 1.87 bits per heavy atom. The second-order valence-corrected chi connectivity index (χ2v) is 6.74. The third-order valence-corrected chi connectivity index (χ3v) is 4.93. The van der Waals surface area contributed by atoms with E-state index < -0.39 is 12.5 Å². The van der Waals surface area contributed by atoms with Crippen LogP contribution < -0.4 is 24.4 Å². The first kappa shape index (κ1) is 21.4. The molecule has 2 amide bonds. The van der Waals surface area contributed by atoms with Crippen LogP contribution in [0.25, 0.3) is 0 Å². The van der Waals surface area contributed by atoms with Crippen molar-refractivity contribution >= 4 is 23.2 Å². The third-order valence-electron chi connectivity index (χ3n) is 4.93. The predicted molar refractivity (Wildman–Crippen MR) is 106 cm³/mol. The van der Waals surface area contributed by atoms with Gasteiger partial charge in [-0.1, -0.05) is 6.07 Å². The number of nitrogens with zero attached hydrogens (tertiary/aromatic N) is 1. The normalized spacial score (nSPS) is 16.0. The van der Waals surface area contributed by atoms with Crippen molar-refractivity contribution in [3.05, 3.63) is 42.0 Å². The largest absolute Gasteiger partial charge is 0.493 e. The number of carbonyl (C=O) groups excluding carboxylic acids is 2. The standard InChI is InChI=1S/C21H22F2N2O5/c1-12-15(5-4-6-16(12)30-21(22)23)24-20(27)13-9-19(26)25(11-13)14-7-8-17(28-2)18(10-14)29-3/h4-8,10,13,21H,9,11H2,1-3H3,(H,24,27). The summed E-state index contributed by atoms with van der Waals surface area (Å²) >= 11 is 0. The number of halogens is 2. The summed E-state index contributed by atoms with van der Waals surface area (Å²) in [6, 6.07) is 9.58. The highest BCUT2D eigenvalue weighted by Gasteiger charge is 2.35. The number of methoxy groups -OCH3 is 2. The third kappa shape index (κ3) is 4.45. The Morgan fingerprint density at radius 3 is 2.53 bits per heavy atom. The molecule has 1 aliphatic heterocycles. The van der Waals surface area contributed by atoms with Gasteiger partial charge in [0.05, 0.1) is 20.1 Å². The van der Waals surface area contributed by atoms with Gasteiger partial charge < -0.3 is 24.4 Å². The molecule has 0 bridgehead atoms. The second-order valence-electron chi connectivity index (χ2n) is 6.74. The first-order valence-corrected chi connectivity index (χ1v) is 9.21. The van der Waals surface area contributed by atoms with Gasteiger partial charge in [0.2, 0.25) is 11.8 Å². The van der Waals surface area contributed by atoms with Gasteiger partial charge in [0.1, 0.15) is 5.75 Å². The van der Waals surface area contributed by atoms with Gasteiger partial charge in [-0.25, -0.2) is 0 Å². The maximum absolute atomic E-state index is 12.7. The topological polar surface area (TPSA) is 77.1 Å². The Morgan fingerprint density at radius 1 is 1.13 bits per heavy atom. The zero-order valence-electron chi connectivity index (χ0n) is 16.8. The highest BCUT2D eigenvalue weighted by molar-refractivity contribution is 6.04. The van der Waals surface area contributed by atoms with Crippen LogP contribution in [0.2, 0.25) is 0 Å². The van der Waals surface area contributed by atoms with Crippen molar-refractivity contribution in [2.24, 2.45) is 5.92 Å². The highest BCUT2D eigenvalue weighted by atomic mass is 19.3. The van der Waals surface area contributed by atoms with E-state index in [0.29, 0.717) is 28.4 Å². The summed E-state index contributed by atoms with van der Waals surface area (Å²) in [5.74, 6) is -0.176. The van der Waals surface area contributed by atoms with E-state index in [-0.39, 0.29) is 30.5 Å². The number of anilines is 2. The molecule has 1 N–H and O–H groups in total. The predicted octanol–water partition coefficient (Wildman–Crippen LogP) is 3.61. The second kappa shape index (κ2) is 8.98. The summed E-state index contributed by atoms with van der Waals surface area (Å²) in [7, 11) is 3.01. The summed E-state index contributed by atoms with van der Waals surface area (Å²) in [4.78, 5) is 26.7. The van der Waals surface area contributed by atoms with Crippen LogP contribution in [0.3, 0.4) is 0 Å². The molecule has 1 fully saturated rings. The number of amides is 2. The Labute approximate surface area is 172 Å². The van der Waals surface area contributed by atoms with Crippen LogP contribution in [0.4, 0.5) is 20.2 Å². The number of ether oxygens (including phenoxy) is 3. The van der Waals surface area contributed by atoms with E-state index in [4.69, 9.17) is 9.47 Å². The molecule has 1 unspecified atom stereocenters. The van der Waals surface area contributed by atoms with Gasteiger partial charge in [-0.15, -0.1) is 0 Å². The van der Waals surface area contributed by atoms with Crippen molar-refractivity contribution in [3.8, 4) is 17.2 Å². The molecule has 1 atom stereocenters. The van der Waals surface area contributed by atoms with Crippen molar-refractivity contribution in [1.82, 2.24) is 0 Å². The van der Waals surface area contributed by atoms with Gasteiger partial charge in [-0.3, -0.25) is 9.59 Å². The molecule has 30 heavy (non-hydrogen) atoms. The fraction of sp³-hybridized carbons (Fsp3) is 0.333. The molecule has 1 saturated heterocycles. The maximum Gasteiger partial charge on any atom is 0.387 e. The number of hydrogen-bond acceptors (Lipinski definition) is 5. The Kier molecular flexibility index (Phi) is 6.39. The summed E-state index contributed by atoms with van der Waals surface area (Å²) in [6.07, 6.45) is 0.0342. The van der Waals surface area contributed by atoms with Gasteiger partial charge in [0, 0.05) is 36.0 Å². The summed E-state index contributed by atoms with van der Waals surface area (Å²) < 4.78 is 40.0. The molecular formula is C21H22F2N2O5. The van der Waals surface area contributed by atoms with Crippen molar-refractivity contribution in [2.75, 3.05) is 31.0 Å². The minimum absolute atomic E-state index is 0.0164.